The number of ether oxygens (including phenoxy) is 2. The zero-order valence-corrected chi connectivity index (χ0v) is 6.22. The van der Waals surface area contributed by atoms with Crippen LogP contribution in [0.5, 0.6) is 0 Å². The number of hydrogen-bond donors (Lipinski definition) is 0. The van der Waals surface area contributed by atoms with E-state index in [2.05, 4.69) is 13.8 Å². The summed E-state index contributed by atoms with van der Waals surface area (Å²) in [5.74, 6) is 0. The van der Waals surface area contributed by atoms with Gasteiger partial charge < -0.3 is 9.47 Å². The van der Waals surface area contributed by atoms with E-state index in [9.17, 15) is 0 Å². The van der Waals surface area contributed by atoms with Crippen LogP contribution in [0, 0.1) is 6.92 Å². The molecule has 0 spiro atoms. The number of rotatable bonds is 5. The zero-order chi connectivity index (χ0) is 7.11. The number of unbranched alkanes of at least 4 members (excludes halogenated alkanes) is 1. The van der Waals surface area contributed by atoms with E-state index in [1.165, 1.54) is 0 Å². The lowest BCUT2D eigenvalue weighted by atomic mass is 10.4. The lowest BCUT2D eigenvalue weighted by molar-refractivity contribution is -0.0931. The molecule has 0 aromatic heterocycles. The molecule has 0 saturated heterocycles. The van der Waals surface area contributed by atoms with Crippen molar-refractivity contribution >= 4 is 0 Å². The van der Waals surface area contributed by atoms with Crippen molar-refractivity contribution in [1.29, 1.82) is 0 Å². The van der Waals surface area contributed by atoms with Crippen LogP contribution in [0.2, 0.25) is 0 Å². The maximum Gasteiger partial charge on any atom is 0.157 e. The van der Waals surface area contributed by atoms with E-state index in [-0.39, 0.29) is 6.29 Å². The Balaban J connectivity index is 2.88. The molecule has 0 heterocycles. The van der Waals surface area contributed by atoms with E-state index < -0.39 is 0 Å². The summed E-state index contributed by atoms with van der Waals surface area (Å²) in [6.07, 6.45) is 1.93. The molecular formula is C7H15O2. The smallest absolute Gasteiger partial charge is 0.157 e. The largest absolute Gasteiger partial charge is 0.356 e. The van der Waals surface area contributed by atoms with Crippen LogP contribution in [0.4, 0.5) is 0 Å². The quantitative estimate of drug-likeness (QED) is 0.417. The third kappa shape index (κ3) is 5.80. The first kappa shape index (κ1) is 8.92. The second-order valence-corrected chi connectivity index (χ2v) is 1.89. The molecule has 55 valence electrons. The van der Waals surface area contributed by atoms with Crippen LogP contribution in [0.3, 0.4) is 0 Å². The molecule has 2 nitrogen and oxygen atoms in total. The maximum atomic E-state index is 5.10. The van der Waals surface area contributed by atoms with Gasteiger partial charge in [-0.3, -0.25) is 0 Å². The Morgan fingerprint density at radius 2 is 2.22 bits per heavy atom. The van der Waals surface area contributed by atoms with Gasteiger partial charge in [0.25, 0.3) is 0 Å². The second kappa shape index (κ2) is 6.05. The molecule has 0 fully saturated rings. The Bertz CT molecular complexity index is 54.9. The number of methoxy groups -OCH3 is 1. The molecule has 0 aliphatic carbocycles. The van der Waals surface area contributed by atoms with Gasteiger partial charge >= 0.3 is 0 Å². The molecule has 0 rings (SSSR count). The van der Waals surface area contributed by atoms with Crippen LogP contribution in [-0.2, 0) is 9.47 Å². The summed E-state index contributed by atoms with van der Waals surface area (Å²) in [5, 5.41) is 0. The fraction of sp³-hybridized carbons (Fsp3) is 0.857. The first-order valence-electron chi connectivity index (χ1n) is 3.28. The molecule has 0 aliphatic heterocycles. The molecule has 1 atom stereocenters. The molecule has 1 unspecified atom stereocenters. The fourth-order valence-electron chi connectivity index (χ4n) is 0.427. The van der Waals surface area contributed by atoms with E-state index in [4.69, 9.17) is 9.47 Å². The van der Waals surface area contributed by atoms with Gasteiger partial charge in [0.15, 0.2) is 6.29 Å². The highest BCUT2D eigenvalue weighted by molar-refractivity contribution is 4.42. The van der Waals surface area contributed by atoms with Gasteiger partial charge in [0, 0.05) is 20.6 Å². The molecule has 0 bridgehead atoms. The molecule has 0 N–H and O–H groups in total. The second-order valence-electron chi connectivity index (χ2n) is 1.89. The Hall–Kier alpha value is -0.0800. The Kier molecular flexibility index (Phi) is 5.99. The van der Waals surface area contributed by atoms with Crippen LogP contribution in [0.15, 0.2) is 0 Å². The Morgan fingerprint density at radius 1 is 1.56 bits per heavy atom. The van der Waals surface area contributed by atoms with Crippen molar-refractivity contribution in [2.75, 3.05) is 13.7 Å². The van der Waals surface area contributed by atoms with Gasteiger partial charge in [-0.2, -0.15) is 0 Å². The van der Waals surface area contributed by atoms with E-state index in [1.54, 1.807) is 7.11 Å². The minimum Gasteiger partial charge on any atom is -0.356 e. The summed E-state index contributed by atoms with van der Waals surface area (Å²) in [5.41, 5.74) is 0. The molecule has 2 heteroatoms. The first-order valence-corrected chi connectivity index (χ1v) is 3.28. The van der Waals surface area contributed by atoms with Crippen LogP contribution >= 0.6 is 0 Å². The van der Waals surface area contributed by atoms with Gasteiger partial charge in [-0.05, 0) is 6.42 Å². The average Bonchev–Trinajstić information content (AvgIpc) is 1.89. The van der Waals surface area contributed by atoms with Crippen LogP contribution < -0.4 is 0 Å². The third-order valence-corrected chi connectivity index (χ3v) is 1.06. The van der Waals surface area contributed by atoms with E-state index in [0.717, 1.165) is 19.4 Å². The van der Waals surface area contributed by atoms with E-state index in [0.29, 0.717) is 0 Å². The lowest BCUT2D eigenvalue weighted by Crippen LogP contribution is -2.11. The summed E-state index contributed by atoms with van der Waals surface area (Å²) < 4.78 is 9.86. The van der Waals surface area contributed by atoms with Gasteiger partial charge in [-0.15, -0.1) is 0 Å². The zero-order valence-electron chi connectivity index (χ0n) is 6.22. The van der Waals surface area contributed by atoms with Gasteiger partial charge in [0.05, 0.1) is 0 Å². The predicted octanol–water partition coefficient (Wildman–Crippen LogP) is 1.61. The van der Waals surface area contributed by atoms with Crippen molar-refractivity contribution in [1.82, 2.24) is 0 Å². The van der Waals surface area contributed by atoms with Crippen molar-refractivity contribution in [2.24, 2.45) is 0 Å². The molecule has 0 amide bonds. The van der Waals surface area contributed by atoms with Crippen molar-refractivity contribution in [3.63, 3.8) is 0 Å². The van der Waals surface area contributed by atoms with Gasteiger partial charge in [0.1, 0.15) is 0 Å². The monoisotopic (exact) mass is 131 g/mol. The van der Waals surface area contributed by atoms with Gasteiger partial charge in [0.2, 0.25) is 0 Å². The highest BCUT2D eigenvalue weighted by atomic mass is 16.7. The summed E-state index contributed by atoms with van der Waals surface area (Å²) in [6, 6.07) is 0. The predicted molar refractivity (Wildman–Crippen MR) is 37.0 cm³/mol. The number of hydrogen-bond acceptors (Lipinski definition) is 2. The van der Waals surface area contributed by atoms with Gasteiger partial charge in [-0.25, -0.2) is 0 Å². The summed E-state index contributed by atoms with van der Waals surface area (Å²) in [4.78, 5) is 0. The molecule has 0 aromatic carbocycles. The molecule has 1 radical (unpaired) electrons. The Morgan fingerprint density at radius 3 is 2.67 bits per heavy atom. The van der Waals surface area contributed by atoms with Crippen LogP contribution in [0.1, 0.15) is 19.8 Å². The molecular weight excluding hydrogens is 116 g/mol. The van der Waals surface area contributed by atoms with Crippen molar-refractivity contribution < 1.29 is 9.47 Å². The molecule has 0 aromatic rings. The van der Waals surface area contributed by atoms with E-state index in [1.807, 2.05) is 0 Å². The van der Waals surface area contributed by atoms with Crippen molar-refractivity contribution in [2.45, 2.75) is 26.1 Å². The summed E-state index contributed by atoms with van der Waals surface area (Å²) in [7, 11) is 1.59. The topological polar surface area (TPSA) is 18.5 Å². The third-order valence-electron chi connectivity index (χ3n) is 1.06. The van der Waals surface area contributed by atoms with Crippen molar-refractivity contribution in [3.8, 4) is 0 Å². The molecule has 0 aliphatic rings. The van der Waals surface area contributed by atoms with Crippen LogP contribution in [0.25, 0.3) is 0 Å². The standard InChI is InChI=1S/C7H15O2/c1-4-5-6-9-7(2)8-3/h7H,2,4-6H2,1,3H3. The highest BCUT2D eigenvalue weighted by Gasteiger charge is 1.95. The lowest BCUT2D eigenvalue weighted by Gasteiger charge is -2.08. The summed E-state index contributed by atoms with van der Waals surface area (Å²) in [6.45, 7) is 6.45. The van der Waals surface area contributed by atoms with Crippen LogP contribution in [-0.4, -0.2) is 20.0 Å². The summed E-state index contributed by atoms with van der Waals surface area (Å²) >= 11 is 0. The molecule has 9 heavy (non-hydrogen) atoms. The maximum absolute atomic E-state index is 5.10. The fourth-order valence-corrected chi connectivity index (χ4v) is 0.427. The highest BCUT2D eigenvalue weighted by Crippen LogP contribution is 1.93. The van der Waals surface area contributed by atoms with Gasteiger partial charge in [-0.1, -0.05) is 13.3 Å². The molecule has 0 saturated carbocycles. The average molecular weight is 131 g/mol. The SMILES string of the molecule is [CH2]C(OC)OCCCC. The minimum absolute atomic E-state index is 0.295. The van der Waals surface area contributed by atoms with E-state index >= 15 is 0 Å². The Labute approximate surface area is 57.2 Å². The normalized spacial score (nSPS) is 13.7. The first-order chi connectivity index (χ1) is 4.31. The van der Waals surface area contributed by atoms with Crippen molar-refractivity contribution in [3.05, 3.63) is 6.92 Å². The minimum atomic E-state index is -0.295.